The summed E-state index contributed by atoms with van der Waals surface area (Å²) < 4.78 is 5.39. The molecule has 6 nitrogen and oxygen atoms in total. The van der Waals surface area contributed by atoms with Crippen molar-refractivity contribution in [2.45, 2.75) is 6.92 Å². The van der Waals surface area contributed by atoms with Crippen LogP contribution >= 0.6 is 0 Å². The lowest BCUT2D eigenvalue weighted by Gasteiger charge is -2.12. The normalized spacial score (nSPS) is 10.1. The summed E-state index contributed by atoms with van der Waals surface area (Å²) in [6.07, 6.45) is 3.06. The number of hydrogen-bond donors (Lipinski definition) is 2. The number of nitrogens with one attached hydrogen (secondary N) is 2. The molecule has 0 saturated heterocycles. The van der Waals surface area contributed by atoms with E-state index in [1.165, 1.54) is 6.20 Å². The van der Waals surface area contributed by atoms with Gasteiger partial charge in [-0.2, -0.15) is 0 Å². The Labute approximate surface area is 157 Å². The van der Waals surface area contributed by atoms with Crippen LogP contribution in [0.15, 0.2) is 73.1 Å². The fourth-order valence-corrected chi connectivity index (χ4v) is 2.48. The minimum absolute atomic E-state index is 0.318. The van der Waals surface area contributed by atoms with E-state index in [0.29, 0.717) is 29.1 Å². The van der Waals surface area contributed by atoms with Crippen molar-refractivity contribution in [3.05, 3.63) is 84.2 Å². The average molecular weight is 361 g/mol. The van der Waals surface area contributed by atoms with E-state index in [2.05, 4.69) is 15.6 Å². The van der Waals surface area contributed by atoms with Gasteiger partial charge in [0.1, 0.15) is 5.75 Å². The van der Waals surface area contributed by atoms with Crippen molar-refractivity contribution in [1.82, 2.24) is 4.98 Å². The molecule has 0 fully saturated rings. The van der Waals surface area contributed by atoms with Gasteiger partial charge in [-0.3, -0.25) is 14.6 Å². The number of anilines is 2. The average Bonchev–Trinajstić information content (AvgIpc) is 2.70. The molecule has 3 rings (SSSR count). The fourth-order valence-electron chi connectivity index (χ4n) is 2.48. The molecule has 136 valence electrons. The molecule has 27 heavy (non-hydrogen) atoms. The van der Waals surface area contributed by atoms with Crippen molar-refractivity contribution in [1.29, 1.82) is 0 Å². The first-order valence-corrected chi connectivity index (χ1v) is 8.52. The third-order valence-electron chi connectivity index (χ3n) is 3.77. The summed E-state index contributed by atoms with van der Waals surface area (Å²) in [5.41, 5.74) is 1.84. The number of rotatable bonds is 6. The summed E-state index contributed by atoms with van der Waals surface area (Å²) in [7, 11) is 0. The molecule has 0 saturated carbocycles. The molecule has 1 heterocycles. The van der Waals surface area contributed by atoms with Gasteiger partial charge in [0.05, 0.1) is 23.4 Å². The van der Waals surface area contributed by atoms with E-state index in [0.717, 1.165) is 5.75 Å². The zero-order valence-electron chi connectivity index (χ0n) is 14.8. The lowest BCUT2D eigenvalue weighted by molar-refractivity contribution is 0.102. The SMILES string of the molecule is CCOc1ccc(NC(=O)c2ccccc2NC(=O)c2cccnc2)cc1. The molecule has 1 aromatic heterocycles. The molecule has 0 atom stereocenters. The number of aromatic nitrogens is 1. The second kappa shape index (κ2) is 8.62. The highest BCUT2D eigenvalue weighted by Gasteiger charge is 2.14. The molecule has 0 unspecified atom stereocenters. The summed E-state index contributed by atoms with van der Waals surface area (Å²) >= 11 is 0. The van der Waals surface area contributed by atoms with Gasteiger partial charge in [0.2, 0.25) is 0 Å². The van der Waals surface area contributed by atoms with E-state index >= 15 is 0 Å². The van der Waals surface area contributed by atoms with Gasteiger partial charge in [-0.25, -0.2) is 0 Å². The highest BCUT2D eigenvalue weighted by molar-refractivity contribution is 6.12. The van der Waals surface area contributed by atoms with Gasteiger partial charge >= 0.3 is 0 Å². The van der Waals surface area contributed by atoms with E-state index in [9.17, 15) is 9.59 Å². The van der Waals surface area contributed by atoms with Crippen LogP contribution in [0.1, 0.15) is 27.6 Å². The Morgan fingerprint density at radius 3 is 2.41 bits per heavy atom. The molecule has 0 spiro atoms. The van der Waals surface area contributed by atoms with E-state index in [1.54, 1.807) is 66.9 Å². The van der Waals surface area contributed by atoms with Crippen molar-refractivity contribution in [3.8, 4) is 5.75 Å². The van der Waals surface area contributed by atoms with Gasteiger partial charge in [-0.1, -0.05) is 12.1 Å². The lowest BCUT2D eigenvalue weighted by Crippen LogP contribution is -2.18. The van der Waals surface area contributed by atoms with Crippen molar-refractivity contribution in [2.75, 3.05) is 17.2 Å². The summed E-state index contributed by atoms with van der Waals surface area (Å²) in [5.74, 6) is 0.0882. The second-order valence-electron chi connectivity index (χ2n) is 5.65. The number of nitrogens with zero attached hydrogens (tertiary/aromatic N) is 1. The molecule has 2 N–H and O–H groups in total. The fraction of sp³-hybridized carbons (Fsp3) is 0.0952. The monoisotopic (exact) mass is 361 g/mol. The molecule has 0 aliphatic heterocycles. The van der Waals surface area contributed by atoms with Gasteiger partial charge in [0.15, 0.2) is 0 Å². The Bertz CT molecular complexity index is 925. The Morgan fingerprint density at radius 2 is 1.70 bits per heavy atom. The van der Waals surface area contributed by atoms with Gasteiger partial charge < -0.3 is 15.4 Å². The lowest BCUT2D eigenvalue weighted by atomic mass is 10.1. The predicted octanol–water partition coefficient (Wildman–Crippen LogP) is 3.98. The van der Waals surface area contributed by atoms with Crippen LogP contribution in [-0.2, 0) is 0 Å². The standard InChI is InChI=1S/C21H19N3O3/c1-2-27-17-11-9-16(10-12-17)23-21(26)18-7-3-4-8-19(18)24-20(25)15-6-5-13-22-14-15/h3-14H,2H2,1H3,(H,23,26)(H,24,25). The van der Waals surface area contributed by atoms with Crippen molar-refractivity contribution in [3.63, 3.8) is 0 Å². The zero-order valence-corrected chi connectivity index (χ0v) is 14.8. The van der Waals surface area contributed by atoms with Crippen molar-refractivity contribution >= 4 is 23.2 Å². The van der Waals surface area contributed by atoms with Crippen LogP contribution in [-0.4, -0.2) is 23.4 Å². The number of hydrogen-bond acceptors (Lipinski definition) is 4. The molecule has 0 aliphatic carbocycles. The number of amides is 2. The second-order valence-corrected chi connectivity index (χ2v) is 5.65. The first-order chi connectivity index (χ1) is 13.2. The maximum Gasteiger partial charge on any atom is 0.257 e. The highest BCUT2D eigenvalue weighted by Crippen LogP contribution is 2.20. The molecule has 2 amide bonds. The summed E-state index contributed by atoms with van der Waals surface area (Å²) in [4.78, 5) is 28.9. The molecule has 0 radical (unpaired) electrons. The number of carbonyl (C=O) groups excluding carboxylic acids is 2. The molecule has 3 aromatic rings. The Hall–Kier alpha value is -3.67. The van der Waals surface area contributed by atoms with Gasteiger partial charge in [0.25, 0.3) is 11.8 Å². The maximum absolute atomic E-state index is 12.7. The molecule has 2 aromatic carbocycles. The first kappa shape index (κ1) is 18.1. The van der Waals surface area contributed by atoms with Gasteiger partial charge in [-0.15, -0.1) is 0 Å². The zero-order chi connectivity index (χ0) is 19.1. The molecule has 6 heteroatoms. The Balaban J connectivity index is 1.74. The van der Waals surface area contributed by atoms with Crippen LogP contribution in [0.3, 0.4) is 0 Å². The van der Waals surface area contributed by atoms with E-state index in [4.69, 9.17) is 4.74 Å². The third kappa shape index (κ3) is 4.70. The van der Waals surface area contributed by atoms with E-state index in [-0.39, 0.29) is 11.8 Å². The predicted molar refractivity (Wildman–Crippen MR) is 104 cm³/mol. The Morgan fingerprint density at radius 1 is 0.926 bits per heavy atom. The smallest absolute Gasteiger partial charge is 0.257 e. The topological polar surface area (TPSA) is 80.3 Å². The third-order valence-corrected chi connectivity index (χ3v) is 3.77. The van der Waals surface area contributed by atoms with Crippen LogP contribution in [0.25, 0.3) is 0 Å². The molecule has 0 bridgehead atoms. The van der Waals surface area contributed by atoms with Gasteiger partial charge in [-0.05, 0) is 55.5 Å². The van der Waals surface area contributed by atoms with Crippen LogP contribution in [0.5, 0.6) is 5.75 Å². The number of benzene rings is 2. The number of pyridine rings is 1. The number of ether oxygens (including phenoxy) is 1. The van der Waals surface area contributed by atoms with Crippen molar-refractivity contribution < 1.29 is 14.3 Å². The van der Waals surface area contributed by atoms with E-state index < -0.39 is 0 Å². The van der Waals surface area contributed by atoms with Crippen LogP contribution in [0.4, 0.5) is 11.4 Å². The minimum atomic E-state index is -0.329. The molecular weight excluding hydrogens is 342 g/mol. The minimum Gasteiger partial charge on any atom is -0.494 e. The quantitative estimate of drug-likeness (QED) is 0.696. The number of para-hydroxylation sites is 1. The Kier molecular flexibility index (Phi) is 5.79. The summed E-state index contributed by atoms with van der Waals surface area (Å²) in [6, 6.07) is 17.3. The van der Waals surface area contributed by atoms with E-state index in [1.807, 2.05) is 6.92 Å². The molecular formula is C21H19N3O3. The molecule has 0 aliphatic rings. The van der Waals surface area contributed by atoms with Crippen molar-refractivity contribution in [2.24, 2.45) is 0 Å². The van der Waals surface area contributed by atoms with Crippen LogP contribution < -0.4 is 15.4 Å². The first-order valence-electron chi connectivity index (χ1n) is 8.52. The summed E-state index contributed by atoms with van der Waals surface area (Å²) in [5, 5.41) is 5.58. The van der Waals surface area contributed by atoms with Crippen LogP contribution in [0.2, 0.25) is 0 Å². The van der Waals surface area contributed by atoms with Crippen LogP contribution in [0, 0.1) is 0 Å². The maximum atomic E-state index is 12.7. The van der Waals surface area contributed by atoms with Gasteiger partial charge in [0, 0.05) is 18.1 Å². The number of carbonyl (C=O) groups is 2. The summed E-state index contributed by atoms with van der Waals surface area (Å²) in [6.45, 7) is 2.49. The largest absolute Gasteiger partial charge is 0.494 e. The highest BCUT2D eigenvalue weighted by atomic mass is 16.5.